The van der Waals surface area contributed by atoms with E-state index in [9.17, 15) is 0 Å². The fraction of sp³-hybridized carbons (Fsp3) is 0.967. The number of aliphatic imine (C=N–C) groups is 1. The largest absolute Gasteiger partial charge is 0.294 e. The lowest BCUT2D eigenvalue weighted by Gasteiger charge is -2.32. The molecule has 0 aromatic rings. The summed E-state index contributed by atoms with van der Waals surface area (Å²) in [7, 11) is 0. The van der Waals surface area contributed by atoms with Gasteiger partial charge in [0, 0.05) is 17.7 Å². The molecule has 1 rings (SSSR count). The van der Waals surface area contributed by atoms with Crippen molar-refractivity contribution in [2.45, 2.75) is 169 Å². The minimum atomic E-state index is 0. The Morgan fingerprint density at radius 3 is 1.44 bits per heavy atom. The van der Waals surface area contributed by atoms with E-state index in [2.05, 4.69) is 27.7 Å². The van der Waals surface area contributed by atoms with Crippen LogP contribution in [0.4, 0.5) is 0 Å². The molecule has 0 saturated carbocycles. The van der Waals surface area contributed by atoms with E-state index in [1.165, 1.54) is 147 Å². The van der Waals surface area contributed by atoms with Crippen molar-refractivity contribution in [3.63, 3.8) is 0 Å². The molecule has 0 fully saturated rings. The first-order valence-corrected chi connectivity index (χ1v) is 14.7. The molecule has 0 amide bonds. The second-order valence-electron chi connectivity index (χ2n) is 10.9. The Bertz CT molecular complexity index is 433. The zero-order valence-corrected chi connectivity index (χ0v) is 24.4. The van der Waals surface area contributed by atoms with Crippen LogP contribution in [0.5, 0.6) is 0 Å². The highest BCUT2D eigenvalue weighted by Crippen LogP contribution is 2.42. The normalized spacial score (nSPS) is 20.4. The molecule has 1 nitrogen and oxygen atoms in total. The van der Waals surface area contributed by atoms with Crippen LogP contribution in [0.25, 0.3) is 0 Å². The lowest BCUT2D eigenvalue weighted by atomic mass is 9.70. The molecule has 0 radical (unpaired) electrons. The summed E-state index contributed by atoms with van der Waals surface area (Å²) in [6, 6.07) is 0. The summed E-state index contributed by atoms with van der Waals surface area (Å²) >= 11 is 0. The van der Waals surface area contributed by atoms with Gasteiger partial charge in [0.15, 0.2) is 0 Å². The maximum absolute atomic E-state index is 4.92. The van der Waals surface area contributed by atoms with Gasteiger partial charge in [-0.15, -0.1) is 17.0 Å². The van der Waals surface area contributed by atoms with Crippen molar-refractivity contribution in [1.82, 2.24) is 0 Å². The topological polar surface area (TPSA) is 12.4 Å². The number of halogens is 1. The highest BCUT2D eigenvalue weighted by Gasteiger charge is 2.39. The van der Waals surface area contributed by atoms with Crippen LogP contribution >= 0.6 is 17.0 Å². The molecular weight excluding hydrogens is 454 g/mol. The molecule has 0 aromatic heterocycles. The Labute approximate surface area is 214 Å². The number of nitrogens with zero attached hydrogens (tertiary/aromatic N) is 1. The number of hydrogen-bond donors (Lipinski definition) is 0. The minimum Gasteiger partial charge on any atom is -0.294 e. The van der Waals surface area contributed by atoms with E-state index < -0.39 is 0 Å². The number of rotatable bonds is 22. The third-order valence-corrected chi connectivity index (χ3v) is 8.23. The summed E-state index contributed by atoms with van der Waals surface area (Å²) in [5, 5.41) is 0. The fourth-order valence-corrected chi connectivity index (χ4v) is 5.58. The smallest absolute Gasteiger partial charge is 0.0425 e. The third kappa shape index (κ3) is 14.4. The molecule has 2 heteroatoms. The van der Waals surface area contributed by atoms with Gasteiger partial charge in [0.1, 0.15) is 0 Å². The van der Waals surface area contributed by atoms with Gasteiger partial charge in [-0.05, 0) is 25.7 Å². The molecule has 2 unspecified atom stereocenters. The van der Waals surface area contributed by atoms with Crippen LogP contribution in [-0.4, -0.2) is 12.3 Å². The zero-order valence-electron chi connectivity index (χ0n) is 22.7. The summed E-state index contributed by atoms with van der Waals surface area (Å²) < 4.78 is 0. The summed E-state index contributed by atoms with van der Waals surface area (Å²) in [6.07, 6.45) is 31.6. The molecule has 32 heavy (non-hydrogen) atoms. The first kappa shape index (κ1) is 32.1. The summed E-state index contributed by atoms with van der Waals surface area (Å²) in [4.78, 5) is 4.92. The second kappa shape index (κ2) is 21.7. The molecule has 1 aliphatic heterocycles. The van der Waals surface area contributed by atoms with E-state index in [0.717, 1.165) is 12.5 Å². The summed E-state index contributed by atoms with van der Waals surface area (Å²) in [6.45, 7) is 10.6. The van der Waals surface area contributed by atoms with E-state index in [1.807, 2.05) is 0 Å². The highest BCUT2D eigenvalue weighted by molar-refractivity contribution is 8.93. The molecule has 0 aromatic carbocycles. The van der Waals surface area contributed by atoms with E-state index >= 15 is 0 Å². The van der Waals surface area contributed by atoms with Gasteiger partial charge in [-0.3, -0.25) is 4.99 Å². The first-order valence-electron chi connectivity index (χ1n) is 14.7. The van der Waals surface area contributed by atoms with E-state index in [4.69, 9.17) is 4.99 Å². The van der Waals surface area contributed by atoms with Crippen molar-refractivity contribution in [1.29, 1.82) is 0 Å². The maximum Gasteiger partial charge on any atom is 0.0425 e. The van der Waals surface area contributed by atoms with Crippen molar-refractivity contribution < 1.29 is 0 Å². The molecule has 0 bridgehead atoms. The quantitative estimate of drug-likeness (QED) is 0.127. The van der Waals surface area contributed by atoms with Crippen LogP contribution in [0.2, 0.25) is 0 Å². The van der Waals surface area contributed by atoms with Gasteiger partial charge in [-0.2, -0.15) is 0 Å². The second-order valence-corrected chi connectivity index (χ2v) is 10.9. The Balaban J connectivity index is 0.00000961. The molecule has 0 saturated heterocycles. The van der Waals surface area contributed by atoms with Crippen molar-refractivity contribution in [2.75, 3.05) is 6.54 Å². The van der Waals surface area contributed by atoms with Gasteiger partial charge in [0.05, 0.1) is 0 Å². The molecule has 0 N–H and O–H groups in total. The Morgan fingerprint density at radius 2 is 1.00 bits per heavy atom. The Morgan fingerprint density at radius 1 is 0.625 bits per heavy atom. The Kier molecular flexibility index (Phi) is 21.8. The van der Waals surface area contributed by atoms with Gasteiger partial charge in [0.25, 0.3) is 0 Å². The van der Waals surface area contributed by atoms with E-state index in [0.29, 0.717) is 5.41 Å². The molecule has 0 spiro atoms. The fourth-order valence-electron chi connectivity index (χ4n) is 5.58. The number of hydrogen-bond acceptors (Lipinski definition) is 1. The molecule has 1 aliphatic rings. The van der Waals surface area contributed by atoms with Crippen LogP contribution < -0.4 is 0 Å². The maximum atomic E-state index is 4.92. The van der Waals surface area contributed by atoms with Crippen LogP contribution in [0.3, 0.4) is 0 Å². The van der Waals surface area contributed by atoms with Crippen LogP contribution in [0.1, 0.15) is 169 Å². The van der Waals surface area contributed by atoms with E-state index in [-0.39, 0.29) is 17.0 Å². The summed E-state index contributed by atoms with van der Waals surface area (Å²) in [5.74, 6) is 0.820. The predicted octanol–water partition coefficient (Wildman–Crippen LogP) is 11.3. The molecule has 0 aliphatic carbocycles. The average molecular weight is 515 g/mol. The highest BCUT2D eigenvalue weighted by atomic mass is 79.9. The molecule has 192 valence electrons. The van der Waals surface area contributed by atoms with Crippen molar-refractivity contribution in [3.05, 3.63) is 0 Å². The molecule has 1 heterocycles. The SMILES string of the molecule is Br.CCCCCCCCCCCCC1CN=C(C)C1(C)CCCCCCCCCCCC. The van der Waals surface area contributed by atoms with Crippen LogP contribution in [0, 0.1) is 11.3 Å². The molecule has 2 atom stereocenters. The number of unbranched alkanes of at least 4 members (excludes halogenated alkanes) is 18. The lowest BCUT2D eigenvalue weighted by molar-refractivity contribution is 0.260. The average Bonchev–Trinajstić information content (AvgIpc) is 3.05. The van der Waals surface area contributed by atoms with Crippen molar-refractivity contribution in [2.24, 2.45) is 16.3 Å². The van der Waals surface area contributed by atoms with Gasteiger partial charge < -0.3 is 0 Å². The third-order valence-electron chi connectivity index (χ3n) is 8.23. The van der Waals surface area contributed by atoms with Gasteiger partial charge in [-0.25, -0.2) is 0 Å². The van der Waals surface area contributed by atoms with Gasteiger partial charge in [-0.1, -0.05) is 149 Å². The van der Waals surface area contributed by atoms with Gasteiger partial charge >= 0.3 is 0 Å². The minimum absolute atomic E-state index is 0. The Hall–Kier alpha value is 0.150. The van der Waals surface area contributed by atoms with Gasteiger partial charge in [0.2, 0.25) is 0 Å². The first-order chi connectivity index (χ1) is 15.1. The van der Waals surface area contributed by atoms with Crippen molar-refractivity contribution in [3.8, 4) is 0 Å². The summed E-state index contributed by atoms with van der Waals surface area (Å²) in [5.41, 5.74) is 1.86. The van der Waals surface area contributed by atoms with E-state index in [1.54, 1.807) is 0 Å². The predicted molar refractivity (Wildman–Crippen MR) is 153 cm³/mol. The lowest BCUT2D eigenvalue weighted by Crippen LogP contribution is -2.31. The zero-order chi connectivity index (χ0) is 22.6. The van der Waals surface area contributed by atoms with Crippen LogP contribution in [0.15, 0.2) is 4.99 Å². The van der Waals surface area contributed by atoms with Crippen LogP contribution in [-0.2, 0) is 0 Å². The standard InChI is InChI=1S/C30H59N.BrH/c1-5-7-9-11-13-15-17-19-21-23-25-29-27-31-28(3)30(29,4)26-24-22-20-18-16-14-12-10-8-6-2;/h29H,5-27H2,1-4H3;1H. The van der Waals surface area contributed by atoms with Crippen molar-refractivity contribution >= 4 is 22.7 Å². The molecular formula is C30H60BrN. The monoisotopic (exact) mass is 513 g/mol.